The number of aromatic nitrogens is 1. The lowest BCUT2D eigenvalue weighted by Gasteiger charge is -2.12. The molecule has 0 bridgehead atoms. The summed E-state index contributed by atoms with van der Waals surface area (Å²) < 4.78 is 5.16. The summed E-state index contributed by atoms with van der Waals surface area (Å²) in [6, 6.07) is 5.51. The molecule has 2 aromatic heterocycles. The van der Waals surface area contributed by atoms with Gasteiger partial charge < -0.3 is 20.4 Å². The zero-order chi connectivity index (χ0) is 18.8. The first-order valence-electron chi connectivity index (χ1n) is 8.47. The molecule has 0 saturated carbocycles. The SMILES string of the molecule is CN=C(NCCCNC(=O)c1occc1C)NCCc1ccc(Cl)nc1.I. The fraction of sp³-hybridized carbons (Fsp3) is 0.389. The molecule has 0 saturated heterocycles. The summed E-state index contributed by atoms with van der Waals surface area (Å²) in [5.41, 5.74) is 1.94. The summed E-state index contributed by atoms with van der Waals surface area (Å²) in [6.07, 6.45) is 4.88. The molecule has 0 aliphatic heterocycles. The molecule has 0 radical (unpaired) electrons. The molecule has 0 spiro atoms. The van der Waals surface area contributed by atoms with Crippen molar-refractivity contribution in [3.05, 3.63) is 52.7 Å². The quantitative estimate of drug-likeness (QED) is 0.169. The molecule has 9 heteroatoms. The molecule has 0 aromatic carbocycles. The molecule has 0 unspecified atom stereocenters. The van der Waals surface area contributed by atoms with Crippen LogP contribution in [0.4, 0.5) is 0 Å². The van der Waals surface area contributed by atoms with E-state index in [0.29, 0.717) is 24.0 Å². The number of amides is 1. The Morgan fingerprint density at radius 1 is 1.19 bits per heavy atom. The van der Waals surface area contributed by atoms with Gasteiger partial charge >= 0.3 is 0 Å². The van der Waals surface area contributed by atoms with E-state index >= 15 is 0 Å². The molecule has 1 amide bonds. The molecule has 2 aromatic rings. The van der Waals surface area contributed by atoms with Crippen LogP contribution in [0.25, 0.3) is 0 Å². The van der Waals surface area contributed by atoms with Crippen LogP contribution in [0.15, 0.2) is 40.1 Å². The maximum atomic E-state index is 11.9. The summed E-state index contributed by atoms with van der Waals surface area (Å²) >= 11 is 5.77. The van der Waals surface area contributed by atoms with Gasteiger partial charge in [-0.2, -0.15) is 0 Å². The van der Waals surface area contributed by atoms with Crippen molar-refractivity contribution in [2.75, 3.05) is 26.7 Å². The summed E-state index contributed by atoms with van der Waals surface area (Å²) in [7, 11) is 1.72. The van der Waals surface area contributed by atoms with E-state index in [0.717, 1.165) is 36.5 Å². The lowest BCUT2D eigenvalue weighted by molar-refractivity contribution is 0.0925. The van der Waals surface area contributed by atoms with Crippen LogP contribution in [-0.4, -0.2) is 43.5 Å². The Hall–Kier alpha value is -1.81. The summed E-state index contributed by atoms with van der Waals surface area (Å²) in [6.45, 7) is 3.83. The Morgan fingerprint density at radius 2 is 1.93 bits per heavy atom. The molecule has 148 valence electrons. The number of hydrogen-bond acceptors (Lipinski definition) is 4. The van der Waals surface area contributed by atoms with Crippen molar-refractivity contribution < 1.29 is 9.21 Å². The maximum absolute atomic E-state index is 11.9. The number of guanidine groups is 1. The second-order valence-electron chi connectivity index (χ2n) is 5.71. The van der Waals surface area contributed by atoms with Gasteiger partial charge in [-0.05, 0) is 37.5 Å². The number of carbonyl (C=O) groups is 1. The third-order valence-corrected chi connectivity index (χ3v) is 3.94. The molecular weight excluding hydrogens is 481 g/mol. The molecule has 2 rings (SSSR count). The van der Waals surface area contributed by atoms with Crippen LogP contribution >= 0.6 is 35.6 Å². The molecule has 3 N–H and O–H groups in total. The summed E-state index contributed by atoms with van der Waals surface area (Å²) in [4.78, 5) is 20.1. The van der Waals surface area contributed by atoms with Crippen molar-refractivity contribution in [1.29, 1.82) is 0 Å². The zero-order valence-corrected chi connectivity index (χ0v) is 18.5. The number of aryl methyl sites for hydroxylation is 1. The van der Waals surface area contributed by atoms with Crippen molar-refractivity contribution in [2.24, 2.45) is 4.99 Å². The van der Waals surface area contributed by atoms with Crippen molar-refractivity contribution >= 4 is 47.4 Å². The number of halogens is 2. The minimum atomic E-state index is -0.188. The average Bonchev–Trinajstić information content (AvgIpc) is 3.07. The van der Waals surface area contributed by atoms with Crippen LogP contribution < -0.4 is 16.0 Å². The Labute approximate surface area is 181 Å². The Bertz CT molecular complexity index is 734. The van der Waals surface area contributed by atoms with Crippen LogP contribution in [0.1, 0.15) is 28.1 Å². The second kappa shape index (κ2) is 12.6. The van der Waals surface area contributed by atoms with Crippen molar-refractivity contribution in [3.63, 3.8) is 0 Å². The Morgan fingerprint density at radius 3 is 2.56 bits per heavy atom. The second-order valence-corrected chi connectivity index (χ2v) is 6.09. The van der Waals surface area contributed by atoms with Crippen molar-refractivity contribution in [1.82, 2.24) is 20.9 Å². The lowest BCUT2D eigenvalue weighted by Crippen LogP contribution is -2.39. The molecular formula is C18H25ClIN5O2. The zero-order valence-electron chi connectivity index (χ0n) is 15.4. The number of nitrogens with zero attached hydrogens (tertiary/aromatic N) is 2. The van der Waals surface area contributed by atoms with E-state index in [1.54, 1.807) is 25.4 Å². The van der Waals surface area contributed by atoms with Gasteiger partial charge in [0.25, 0.3) is 5.91 Å². The van der Waals surface area contributed by atoms with Crippen LogP contribution in [-0.2, 0) is 6.42 Å². The highest BCUT2D eigenvalue weighted by molar-refractivity contribution is 14.0. The molecule has 0 aliphatic rings. The van der Waals surface area contributed by atoms with Crippen LogP contribution in [0.2, 0.25) is 5.15 Å². The first kappa shape index (κ1) is 23.2. The van der Waals surface area contributed by atoms with Crippen molar-refractivity contribution in [2.45, 2.75) is 19.8 Å². The van der Waals surface area contributed by atoms with E-state index in [4.69, 9.17) is 16.0 Å². The van der Waals surface area contributed by atoms with Gasteiger partial charge in [-0.3, -0.25) is 9.79 Å². The van der Waals surface area contributed by atoms with Gasteiger partial charge in [0.2, 0.25) is 0 Å². The number of carbonyl (C=O) groups excluding carboxylic acids is 1. The molecule has 7 nitrogen and oxygen atoms in total. The highest BCUT2D eigenvalue weighted by atomic mass is 127. The molecule has 0 aliphatic carbocycles. The fourth-order valence-corrected chi connectivity index (χ4v) is 2.39. The molecule has 2 heterocycles. The van der Waals surface area contributed by atoms with Gasteiger partial charge in [-0.15, -0.1) is 24.0 Å². The van der Waals surface area contributed by atoms with Gasteiger partial charge in [-0.25, -0.2) is 4.98 Å². The summed E-state index contributed by atoms with van der Waals surface area (Å²) in [5, 5.41) is 9.78. The largest absolute Gasteiger partial charge is 0.459 e. The van der Waals surface area contributed by atoms with E-state index < -0.39 is 0 Å². The lowest BCUT2D eigenvalue weighted by atomic mass is 10.2. The Balaban J connectivity index is 0.00000364. The van der Waals surface area contributed by atoms with Crippen LogP contribution in [0.5, 0.6) is 0 Å². The van der Waals surface area contributed by atoms with E-state index in [-0.39, 0.29) is 29.9 Å². The maximum Gasteiger partial charge on any atom is 0.287 e. The van der Waals surface area contributed by atoms with Crippen molar-refractivity contribution in [3.8, 4) is 0 Å². The molecule has 27 heavy (non-hydrogen) atoms. The smallest absolute Gasteiger partial charge is 0.287 e. The fourth-order valence-electron chi connectivity index (χ4n) is 2.28. The standard InChI is InChI=1S/C18H24ClN5O2.HI/c1-13-7-11-26-16(13)17(25)21-8-3-9-22-18(20-2)23-10-6-14-4-5-15(19)24-12-14;/h4-5,7,11-12H,3,6,8-10H2,1-2H3,(H,21,25)(H2,20,22,23);1H. The van der Waals surface area contributed by atoms with E-state index in [1.165, 1.54) is 6.26 Å². The number of nitrogens with one attached hydrogen (secondary N) is 3. The van der Waals surface area contributed by atoms with Gasteiger partial charge in [0.15, 0.2) is 11.7 Å². The average molecular weight is 506 g/mol. The first-order chi connectivity index (χ1) is 12.6. The highest BCUT2D eigenvalue weighted by Crippen LogP contribution is 2.08. The van der Waals surface area contributed by atoms with Crippen LogP contribution in [0, 0.1) is 6.92 Å². The monoisotopic (exact) mass is 505 g/mol. The predicted octanol–water partition coefficient (Wildman–Crippen LogP) is 2.78. The number of furan rings is 1. The van der Waals surface area contributed by atoms with E-state index in [9.17, 15) is 4.79 Å². The number of pyridine rings is 1. The third kappa shape index (κ3) is 8.17. The van der Waals surface area contributed by atoms with Gasteiger partial charge in [0, 0.05) is 38.4 Å². The van der Waals surface area contributed by atoms with Gasteiger partial charge in [0.1, 0.15) is 5.15 Å². The third-order valence-electron chi connectivity index (χ3n) is 3.72. The molecule has 0 atom stereocenters. The number of aliphatic imine (C=N–C) groups is 1. The van der Waals surface area contributed by atoms with Gasteiger partial charge in [0.05, 0.1) is 6.26 Å². The minimum absolute atomic E-state index is 0. The first-order valence-corrected chi connectivity index (χ1v) is 8.85. The summed E-state index contributed by atoms with van der Waals surface area (Å²) in [5.74, 6) is 0.902. The Kier molecular flexibility index (Phi) is 10.8. The number of rotatable bonds is 8. The topological polar surface area (TPSA) is 91.5 Å². The normalized spacial score (nSPS) is 10.9. The number of hydrogen-bond donors (Lipinski definition) is 3. The van der Waals surface area contributed by atoms with E-state index in [2.05, 4.69) is 25.9 Å². The predicted molar refractivity (Wildman–Crippen MR) is 118 cm³/mol. The minimum Gasteiger partial charge on any atom is -0.459 e. The van der Waals surface area contributed by atoms with E-state index in [1.807, 2.05) is 13.0 Å². The highest BCUT2D eigenvalue weighted by Gasteiger charge is 2.11. The van der Waals surface area contributed by atoms with Crippen LogP contribution in [0.3, 0.4) is 0 Å². The molecule has 0 fully saturated rings. The van der Waals surface area contributed by atoms with Gasteiger partial charge in [-0.1, -0.05) is 17.7 Å².